The van der Waals surface area contributed by atoms with E-state index < -0.39 is 81.5 Å². The minimum absolute atomic E-state index is 0.0246. The van der Waals surface area contributed by atoms with Gasteiger partial charge in [-0.1, -0.05) is 17.7 Å². The van der Waals surface area contributed by atoms with Gasteiger partial charge in [0.05, 0.1) is 27.9 Å². The summed E-state index contributed by atoms with van der Waals surface area (Å²) in [6, 6.07) is 5.18. The van der Waals surface area contributed by atoms with Gasteiger partial charge in [0.1, 0.15) is 29.1 Å². The highest BCUT2D eigenvalue weighted by Crippen LogP contribution is 2.68. The Morgan fingerprint density at radius 1 is 1.12 bits per heavy atom. The minimum atomic E-state index is -3.83. The van der Waals surface area contributed by atoms with E-state index in [1.54, 1.807) is 12.1 Å². The first-order valence-corrected chi connectivity index (χ1v) is 18.2. The molecule has 0 radical (unpaired) electrons. The third kappa shape index (κ3) is 6.03. The number of benzene rings is 2. The van der Waals surface area contributed by atoms with Crippen molar-refractivity contribution in [3.8, 4) is 11.1 Å². The average molecular weight is 817 g/mol. The van der Waals surface area contributed by atoms with Gasteiger partial charge in [-0.25, -0.2) is 30.7 Å². The number of aromatic nitrogens is 5. The number of carbonyl (C=O) groups excluding carboxylic acids is 1. The summed E-state index contributed by atoms with van der Waals surface area (Å²) in [6.07, 6.45) is -1.51. The van der Waals surface area contributed by atoms with Crippen LogP contribution in [0.15, 0.2) is 47.1 Å². The number of rotatable bonds is 10. The Bertz CT molecular complexity index is 2370. The average Bonchev–Trinajstić information content (AvgIpc) is 3.54. The Morgan fingerprint density at radius 3 is 2.43 bits per heavy atom. The van der Waals surface area contributed by atoms with Crippen molar-refractivity contribution in [2.24, 2.45) is 18.7 Å². The number of hydrogen-bond acceptors (Lipinski definition) is 6. The third-order valence-electron chi connectivity index (χ3n) is 9.19. The van der Waals surface area contributed by atoms with Gasteiger partial charge in [0.2, 0.25) is 15.9 Å². The van der Waals surface area contributed by atoms with E-state index in [1.165, 1.54) is 24.0 Å². The summed E-state index contributed by atoms with van der Waals surface area (Å²) >= 11 is 9.92. The number of nitrogens with zero attached hydrogens (tertiary/aromatic N) is 5. The molecule has 3 aromatic heterocycles. The number of hydrogen-bond donors (Lipinski definition) is 2. The quantitative estimate of drug-likeness (QED) is 0.144. The van der Waals surface area contributed by atoms with Crippen LogP contribution in [0.4, 0.5) is 32.2 Å². The number of fused-ring (bicyclic) bond motifs is 4. The Balaban J connectivity index is 1.51. The smallest absolute Gasteiger partial charge is 0.293 e. The zero-order valence-electron chi connectivity index (χ0n) is 26.3. The number of aryl methyl sites for hydroxylation is 1. The fourth-order valence-electron chi connectivity index (χ4n) is 7.25. The van der Waals surface area contributed by atoms with Crippen LogP contribution in [0.5, 0.6) is 0 Å². The molecule has 2 aliphatic carbocycles. The molecule has 0 spiro atoms. The van der Waals surface area contributed by atoms with Gasteiger partial charge < -0.3 is 5.73 Å². The number of nitrogens with two attached hydrogens (primary N) is 1. The monoisotopic (exact) mass is 815 g/mol. The number of carbonyl (C=O) groups is 1. The molecule has 10 nitrogen and oxygen atoms in total. The lowest BCUT2D eigenvalue weighted by Gasteiger charge is -2.29. The van der Waals surface area contributed by atoms with Gasteiger partial charge in [0.15, 0.2) is 5.82 Å². The first kappa shape index (κ1) is 35.3. The molecule has 268 valence electrons. The van der Waals surface area contributed by atoms with Crippen molar-refractivity contribution in [3.05, 3.63) is 91.9 Å². The van der Waals surface area contributed by atoms with Crippen LogP contribution in [-0.2, 0) is 34.2 Å². The lowest BCUT2D eigenvalue weighted by molar-refractivity contribution is -0.122. The summed E-state index contributed by atoms with van der Waals surface area (Å²) in [7, 11) is -2.33. The van der Waals surface area contributed by atoms with Crippen LogP contribution in [0.1, 0.15) is 58.9 Å². The third-order valence-corrected chi connectivity index (χ3v) is 10.5. The first-order chi connectivity index (χ1) is 23.9. The molecular formula is C32H25BrClF6N7O3S. The number of alkyl halides is 4. The van der Waals surface area contributed by atoms with E-state index in [-0.39, 0.29) is 50.5 Å². The number of nitrogens with one attached hydrogen (secondary N) is 1. The van der Waals surface area contributed by atoms with Crippen LogP contribution in [0.3, 0.4) is 0 Å². The molecule has 1 unspecified atom stereocenters. The van der Waals surface area contributed by atoms with Crippen LogP contribution >= 0.6 is 27.5 Å². The minimum Gasteiger partial charge on any atom is -0.368 e. The summed E-state index contributed by atoms with van der Waals surface area (Å²) in [5, 5.41) is 8.45. The molecule has 19 heteroatoms. The molecule has 2 aliphatic rings. The molecule has 0 aliphatic heterocycles. The van der Waals surface area contributed by atoms with Gasteiger partial charge in [-0.15, -0.1) is 0 Å². The van der Waals surface area contributed by atoms with Crippen molar-refractivity contribution < 1.29 is 39.6 Å². The molecule has 4 atom stereocenters. The standard InChI is InChI=1S/C32H25BrClF6N7O3S/c1-46-26-16(3-4-21(34)23(26)31(44-46)45-51(2,49)50)17-8-13(33)11-42-24(17)19(7-12-5-14(35)9-15(36)6-12)27(30(41)48)47-28-22(25(43-47)29(37)38)18-10-20(18)32(28,39)40/h3-6,8-9,11,18-20,27,29H,7,10H2,1-2H3,(H2,41,48)(H,44,45)/t18-,19+,20+,27?/m0/s1. The van der Waals surface area contributed by atoms with Gasteiger partial charge in [0.25, 0.3) is 12.3 Å². The zero-order chi connectivity index (χ0) is 36.9. The van der Waals surface area contributed by atoms with E-state index in [0.717, 1.165) is 18.4 Å². The molecule has 5 aromatic rings. The second kappa shape index (κ2) is 12.2. The number of halogens is 8. The molecule has 1 saturated carbocycles. The van der Waals surface area contributed by atoms with Crippen molar-refractivity contribution in [3.63, 3.8) is 0 Å². The van der Waals surface area contributed by atoms with Crippen molar-refractivity contribution in [1.29, 1.82) is 0 Å². The van der Waals surface area contributed by atoms with E-state index in [9.17, 15) is 30.8 Å². The fourth-order valence-corrected chi connectivity index (χ4v) is 8.32. The zero-order valence-corrected chi connectivity index (χ0v) is 29.5. The predicted molar refractivity (Wildman–Crippen MR) is 178 cm³/mol. The predicted octanol–water partition coefficient (Wildman–Crippen LogP) is 7.10. The summed E-state index contributed by atoms with van der Waals surface area (Å²) in [6.45, 7) is 0. The lowest BCUT2D eigenvalue weighted by atomic mass is 9.84. The molecule has 1 amide bonds. The highest BCUT2D eigenvalue weighted by atomic mass is 79.9. The van der Waals surface area contributed by atoms with E-state index in [0.29, 0.717) is 20.8 Å². The second-order valence-electron chi connectivity index (χ2n) is 12.7. The first-order valence-electron chi connectivity index (χ1n) is 15.2. The summed E-state index contributed by atoms with van der Waals surface area (Å²) in [4.78, 5) is 18.1. The van der Waals surface area contributed by atoms with Crippen LogP contribution < -0.4 is 10.5 Å². The van der Waals surface area contributed by atoms with Crippen molar-refractivity contribution in [1.82, 2.24) is 24.5 Å². The maximum atomic E-state index is 15.9. The molecule has 3 heterocycles. The number of primary amides is 1. The molecular weight excluding hydrogens is 792 g/mol. The normalized spacial score (nSPS) is 18.9. The van der Waals surface area contributed by atoms with Crippen molar-refractivity contribution >= 4 is 60.2 Å². The maximum absolute atomic E-state index is 15.9. The van der Waals surface area contributed by atoms with Crippen LogP contribution in [0.25, 0.3) is 22.0 Å². The largest absolute Gasteiger partial charge is 0.368 e. The number of amides is 1. The topological polar surface area (TPSA) is 138 Å². The van der Waals surface area contributed by atoms with E-state index in [4.69, 9.17) is 17.3 Å². The highest BCUT2D eigenvalue weighted by Gasteiger charge is 2.67. The lowest BCUT2D eigenvalue weighted by Crippen LogP contribution is -2.37. The van der Waals surface area contributed by atoms with Gasteiger partial charge >= 0.3 is 0 Å². The van der Waals surface area contributed by atoms with Crippen LogP contribution in [-0.4, -0.2) is 45.1 Å². The molecule has 0 bridgehead atoms. The Kier molecular flexibility index (Phi) is 8.45. The van der Waals surface area contributed by atoms with Crippen molar-refractivity contribution in [2.45, 2.75) is 43.1 Å². The highest BCUT2D eigenvalue weighted by molar-refractivity contribution is 9.10. The van der Waals surface area contributed by atoms with Gasteiger partial charge in [-0.2, -0.15) is 19.0 Å². The molecule has 0 saturated heterocycles. The molecule has 7 rings (SSSR count). The van der Waals surface area contributed by atoms with E-state index in [1.807, 2.05) is 0 Å². The summed E-state index contributed by atoms with van der Waals surface area (Å²) in [5.41, 5.74) is 4.55. The van der Waals surface area contributed by atoms with Crippen LogP contribution in [0, 0.1) is 17.6 Å². The van der Waals surface area contributed by atoms with E-state index in [2.05, 4.69) is 35.8 Å². The Labute approximate surface area is 299 Å². The Hall–Kier alpha value is -4.16. The number of sulfonamides is 1. The SMILES string of the molecule is Cn1nc(NS(C)(=O)=O)c2c(Cl)ccc(-c3cc(Br)cnc3[C@@H](Cc3cc(F)cc(F)c3)C(C(N)=O)n3nc(C(F)F)c4c3C(F)(F)[C@@H]3C[C@H]43)c21. The fraction of sp³-hybridized carbons (Fsp3) is 0.312. The molecule has 1 fully saturated rings. The van der Waals surface area contributed by atoms with Gasteiger partial charge in [0, 0.05) is 52.3 Å². The van der Waals surface area contributed by atoms with E-state index >= 15 is 8.78 Å². The van der Waals surface area contributed by atoms with Gasteiger partial charge in [-0.05, 0) is 64.5 Å². The summed E-state index contributed by atoms with van der Waals surface area (Å²) in [5.74, 6) is -10.6. The van der Waals surface area contributed by atoms with Crippen molar-refractivity contribution in [2.75, 3.05) is 11.0 Å². The van der Waals surface area contributed by atoms with Crippen LogP contribution in [0.2, 0.25) is 5.02 Å². The number of pyridine rings is 1. The Morgan fingerprint density at radius 2 is 1.80 bits per heavy atom. The molecule has 2 aromatic carbocycles. The van der Waals surface area contributed by atoms with Gasteiger partial charge in [-0.3, -0.25) is 19.2 Å². The maximum Gasteiger partial charge on any atom is 0.293 e. The number of anilines is 1. The molecule has 3 N–H and O–H groups in total. The molecule has 51 heavy (non-hydrogen) atoms. The summed E-state index contributed by atoms with van der Waals surface area (Å²) < 4.78 is 118. The second-order valence-corrected chi connectivity index (χ2v) is 15.7.